The molecule has 0 saturated heterocycles. The van der Waals surface area contributed by atoms with E-state index in [1.165, 1.54) is 116 Å². The Bertz CT molecular complexity index is 1020. The summed E-state index contributed by atoms with van der Waals surface area (Å²) in [4.78, 5) is 0. The molecule has 0 aromatic heterocycles. The molecule has 0 spiro atoms. The van der Waals surface area contributed by atoms with E-state index in [1.54, 1.807) is 6.08 Å². The number of rotatable bonds is 31. The van der Waals surface area contributed by atoms with Gasteiger partial charge in [-0.25, -0.2) is 0 Å². The van der Waals surface area contributed by atoms with E-state index in [-0.39, 0.29) is 0 Å². The second kappa shape index (κ2) is 40.3. The predicted octanol–water partition coefficient (Wildman–Crippen LogP) is 12.1. The minimum Gasteiger partial charge on any atom is -0.377 e. The number of hydrogen-bond acceptors (Lipinski definition) is 2. The van der Waals surface area contributed by atoms with E-state index in [4.69, 9.17) is 12.8 Å². The Balaban J connectivity index is 3.46. The maximum absolute atomic E-state index is 9.88. The maximum atomic E-state index is 9.88. The molecule has 2 N–H and O–H groups in total. The molecule has 2 atom stereocenters. The van der Waals surface area contributed by atoms with Crippen molar-refractivity contribution in [3.8, 4) is 48.4 Å². The molecule has 0 unspecified atom stereocenters. The zero-order chi connectivity index (χ0) is 34.9. The minimum absolute atomic E-state index is 0.772. The van der Waals surface area contributed by atoms with Gasteiger partial charge in [0.2, 0.25) is 0 Å². The Labute approximate surface area is 298 Å². The number of aliphatic hydroxyl groups excluding tert-OH is 2. The summed E-state index contributed by atoms with van der Waals surface area (Å²) in [5, 5.41) is 19.1. The van der Waals surface area contributed by atoms with Crippen molar-refractivity contribution in [2.45, 2.75) is 192 Å². The quantitative estimate of drug-likeness (QED) is 0.0444. The molecule has 266 valence electrons. The van der Waals surface area contributed by atoms with Crippen molar-refractivity contribution in [2.75, 3.05) is 0 Å². The number of aliphatic hydroxyl groups is 2. The van der Waals surface area contributed by atoms with Crippen LogP contribution in [0.5, 0.6) is 0 Å². The van der Waals surface area contributed by atoms with E-state index >= 15 is 0 Å². The SMILES string of the molecule is C#CCCCCCCCCCCCCCCCC/C=C\CCCC/C=C\CC/C=C/C#C[C@@H](O)C#CCCCCCC/C=C/[C@H](O)C#C. The van der Waals surface area contributed by atoms with Gasteiger partial charge in [-0.1, -0.05) is 156 Å². The third kappa shape index (κ3) is 39.3. The fourth-order valence-corrected chi connectivity index (χ4v) is 5.38. The van der Waals surface area contributed by atoms with Gasteiger partial charge in [-0.05, 0) is 89.2 Å². The van der Waals surface area contributed by atoms with Crippen molar-refractivity contribution in [1.82, 2.24) is 0 Å². The number of allylic oxidation sites excluding steroid dienone is 7. The lowest BCUT2D eigenvalue weighted by molar-refractivity contribution is 0.280. The second-order valence-corrected chi connectivity index (χ2v) is 12.9. The highest BCUT2D eigenvalue weighted by molar-refractivity contribution is 5.24. The molecule has 0 amide bonds. The zero-order valence-electron chi connectivity index (χ0n) is 30.6. The van der Waals surface area contributed by atoms with Crippen LogP contribution in [0.15, 0.2) is 48.6 Å². The molecule has 0 bridgehead atoms. The summed E-state index contributed by atoms with van der Waals surface area (Å²) in [5.74, 6) is 16.5. The molecule has 0 aliphatic heterocycles. The van der Waals surface area contributed by atoms with Crippen LogP contribution < -0.4 is 0 Å². The average Bonchev–Trinajstić information content (AvgIpc) is 3.09. The van der Waals surface area contributed by atoms with Gasteiger partial charge in [0.05, 0.1) is 0 Å². The molecule has 2 heteroatoms. The van der Waals surface area contributed by atoms with Crippen LogP contribution in [0.2, 0.25) is 0 Å². The van der Waals surface area contributed by atoms with Crippen LogP contribution in [-0.2, 0) is 0 Å². The van der Waals surface area contributed by atoms with Gasteiger partial charge in [0, 0.05) is 12.8 Å². The van der Waals surface area contributed by atoms with Crippen LogP contribution in [0.1, 0.15) is 180 Å². The second-order valence-electron chi connectivity index (χ2n) is 12.9. The maximum Gasteiger partial charge on any atom is 0.176 e. The third-order valence-electron chi connectivity index (χ3n) is 8.34. The van der Waals surface area contributed by atoms with Gasteiger partial charge >= 0.3 is 0 Å². The Morgan fingerprint density at radius 3 is 1.38 bits per heavy atom. The molecule has 0 fully saturated rings. The Kier molecular flexibility index (Phi) is 37.9. The van der Waals surface area contributed by atoms with Gasteiger partial charge in [-0.3, -0.25) is 0 Å². The van der Waals surface area contributed by atoms with Gasteiger partial charge < -0.3 is 10.2 Å². The molecule has 0 radical (unpaired) electrons. The summed E-state index contributed by atoms with van der Waals surface area (Å²) in [6, 6.07) is 0. The molecular weight excluding hydrogens is 585 g/mol. The van der Waals surface area contributed by atoms with Crippen molar-refractivity contribution < 1.29 is 10.2 Å². The van der Waals surface area contributed by atoms with Crippen LogP contribution in [0, 0.1) is 48.4 Å². The first-order chi connectivity index (χ1) is 23.7. The van der Waals surface area contributed by atoms with E-state index < -0.39 is 12.2 Å². The van der Waals surface area contributed by atoms with Crippen molar-refractivity contribution in [2.24, 2.45) is 0 Å². The fourth-order valence-electron chi connectivity index (χ4n) is 5.38. The highest BCUT2D eigenvalue weighted by Crippen LogP contribution is 2.14. The summed E-state index contributed by atoms with van der Waals surface area (Å²) >= 11 is 0. The summed E-state index contributed by atoms with van der Waals surface area (Å²) in [7, 11) is 0. The van der Waals surface area contributed by atoms with E-state index in [9.17, 15) is 10.2 Å². The first kappa shape index (κ1) is 45.1. The van der Waals surface area contributed by atoms with Gasteiger partial charge in [0.15, 0.2) is 6.10 Å². The van der Waals surface area contributed by atoms with Crippen LogP contribution in [0.3, 0.4) is 0 Å². The minimum atomic E-state index is -0.882. The average molecular weight is 655 g/mol. The molecular formula is C46H70O2. The van der Waals surface area contributed by atoms with Gasteiger partial charge in [-0.15, -0.1) is 18.8 Å². The van der Waals surface area contributed by atoms with Crippen molar-refractivity contribution in [3.63, 3.8) is 0 Å². The first-order valence-corrected chi connectivity index (χ1v) is 19.6. The molecule has 0 heterocycles. The predicted molar refractivity (Wildman–Crippen MR) is 211 cm³/mol. The Morgan fingerprint density at radius 2 is 0.854 bits per heavy atom. The normalized spacial score (nSPS) is 12.6. The van der Waals surface area contributed by atoms with Crippen LogP contribution >= 0.6 is 0 Å². The monoisotopic (exact) mass is 655 g/mol. The van der Waals surface area contributed by atoms with E-state index in [1.807, 2.05) is 12.2 Å². The highest BCUT2D eigenvalue weighted by atomic mass is 16.3. The van der Waals surface area contributed by atoms with E-state index in [0.29, 0.717) is 0 Å². The zero-order valence-corrected chi connectivity index (χ0v) is 30.6. The summed E-state index contributed by atoms with van der Waals surface area (Å²) in [6.07, 6.45) is 60.1. The summed E-state index contributed by atoms with van der Waals surface area (Å²) in [5.41, 5.74) is 0. The smallest absolute Gasteiger partial charge is 0.176 e. The van der Waals surface area contributed by atoms with E-state index in [2.05, 4.69) is 65.9 Å². The molecule has 0 aliphatic rings. The van der Waals surface area contributed by atoms with Gasteiger partial charge in [-0.2, -0.15) is 0 Å². The molecule has 48 heavy (non-hydrogen) atoms. The van der Waals surface area contributed by atoms with Crippen LogP contribution in [0.4, 0.5) is 0 Å². The fraction of sp³-hybridized carbons (Fsp3) is 0.652. The largest absolute Gasteiger partial charge is 0.377 e. The summed E-state index contributed by atoms with van der Waals surface area (Å²) < 4.78 is 0. The van der Waals surface area contributed by atoms with Gasteiger partial charge in [0.25, 0.3) is 0 Å². The lowest BCUT2D eigenvalue weighted by atomic mass is 10.0. The topological polar surface area (TPSA) is 40.5 Å². The molecule has 0 aromatic carbocycles. The number of terminal acetylenes is 2. The number of hydrogen-bond donors (Lipinski definition) is 2. The Morgan fingerprint density at radius 1 is 0.438 bits per heavy atom. The molecule has 0 rings (SSSR count). The third-order valence-corrected chi connectivity index (χ3v) is 8.34. The van der Waals surface area contributed by atoms with Gasteiger partial charge in [0.1, 0.15) is 6.10 Å². The Hall–Kier alpha value is -2.88. The standard InChI is InChI=1S/C46H70O2/c1-3-5-6-7-8-9-10-11-12-13-14-15-16-17-18-19-20-21-22-23-24-25-26-27-28-29-30-34-37-40-43-46(48)44-41-38-35-32-31-33-36-39-42-45(47)4-2/h1-2,21-22,27-28,34,37,39,42,45-48H,5-20,23-26,29-33,35-36,38H2/b22-21-,28-27-,37-34+,42-39+/t45-,46-/m1/s1. The van der Waals surface area contributed by atoms with Crippen molar-refractivity contribution in [1.29, 1.82) is 0 Å². The lowest BCUT2D eigenvalue weighted by Gasteiger charge is -2.03. The highest BCUT2D eigenvalue weighted by Gasteiger charge is 1.95. The molecule has 0 saturated carbocycles. The van der Waals surface area contributed by atoms with E-state index in [0.717, 1.165) is 64.2 Å². The summed E-state index contributed by atoms with van der Waals surface area (Å²) in [6.45, 7) is 0. The molecule has 2 nitrogen and oxygen atoms in total. The number of unbranched alkanes of at least 4 members (excludes halogenated alkanes) is 24. The van der Waals surface area contributed by atoms with Crippen molar-refractivity contribution in [3.05, 3.63) is 48.6 Å². The van der Waals surface area contributed by atoms with Crippen LogP contribution in [-0.4, -0.2) is 22.4 Å². The first-order valence-electron chi connectivity index (χ1n) is 19.6. The van der Waals surface area contributed by atoms with Crippen LogP contribution in [0.25, 0.3) is 0 Å². The van der Waals surface area contributed by atoms with Crippen molar-refractivity contribution >= 4 is 0 Å². The molecule has 0 aromatic rings. The lowest BCUT2D eigenvalue weighted by Crippen LogP contribution is -1.97. The molecule has 0 aliphatic carbocycles.